The number of benzene rings is 1. The number of anilines is 2. The number of amides is 2. The highest BCUT2D eigenvalue weighted by molar-refractivity contribution is 6.71. The summed E-state index contributed by atoms with van der Waals surface area (Å²) in [6.45, 7) is 6.62. The number of methoxy groups -OCH3 is 1. The molecule has 0 saturated carbocycles. The van der Waals surface area contributed by atoms with E-state index in [1.165, 1.54) is 7.11 Å². The zero-order valence-electron chi connectivity index (χ0n) is 21.7. The van der Waals surface area contributed by atoms with E-state index >= 15 is 0 Å². The summed E-state index contributed by atoms with van der Waals surface area (Å²) in [6, 6.07) is 5.67. The summed E-state index contributed by atoms with van der Waals surface area (Å²) >= 11 is 0. The molecule has 0 unspecified atom stereocenters. The molecule has 2 amide bonds. The molecule has 1 aromatic rings. The average Bonchev–Trinajstić information content (AvgIpc) is 3.45. The highest BCUT2D eigenvalue weighted by atomic mass is 28.4. The van der Waals surface area contributed by atoms with Gasteiger partial charge in [0.25, 0.3) is 5.91 Å². The van der Waals surface area contributed by atoms with Crippen molar-refractivity contribution in [3.63, 3.8) is 0 Å². The van der Waals surface area contributed by atoms with Crippen LogP contribution in [0.5, 0.6) is 0 Å². The van der Waals surface area contributed by atoms with Crippen LogP contribution in [0.2, 0.25) is 18.6 Å². The second-order valence-corrected chi connectivity index (χ2v) is 14.7. The number of unbranched alkanes of at least 4 members (excludes halogenated alkanes) is 1. The van der Waals surface area contributed by atoms with Crippen molar-refractivity contribution in [2.75, 3.05) is 36.6 Å². The number of nitrogens with zero attached hydrogens (tertiary/aromatic N) is 2. The highest BCUT2D eigenvalue weighted by Gasteiger charge is 2.66. The van der Waals surface area contributed by atoms with Crippen LogP contribution in [0, 0.1) is 5.92 Å². The number of hydrogen-bond donors (Lipinski definition) is 2. The third kappa shape index (κ3) is 4.48. The maximum Gasteiger partial charge on any atom is 0.305 e. The highest BCUT2D eigenvalue weighted by Crippen LogP contribution is 2.60. The van der Waals surface area contributed by atoms with Crippen LogP contribution in [0.1, 0.15) is 51.0 Å². The minimum absolute atomic E-state index is 0.0633. The molecule has 0 aromatic heterocycles. The molecule has 9 nitrogen and oxygen atoms in total. The Balaban J connectivity index is 1.74. The van der Waals surface area contributed by atoms with Crippen molar-refractivity contribution in [3.05, 3.63) is 23.8 Å². The van der Waals surface area contributed by atoms with E-state index in [2.05, 4.69) is 0 Å². The first-order chi connectivity index (χ1) is 17.1. The van der Waals surface area contributed by atoms with Gasteiger partial charge in [-0.3, -0.25) is 14.4 Å². The third-order valence-electron chi connectivity index (χ3n) is 8.01. The standard InChI is InChI=1S/C26H38N2O7Si/c1-17-24(36(3,4)33)21(12-15-29)35-26(17)19-16-18(27-14-7-8-22(27)30)10-11-20(19)28(25(26)32)13-6-5-9-23(31)34-2/h10-11,16-17,21,24,29,33H,5-9,12-15H2,1-4H3/t17-,21+,24-,26+/m1/s1. The molecular weight excluding hydrogens is 480 g/mol. The van der Waals surface area contributed by atoms with E-state index in [1.807, 2.05) is 38.2 Å². The van der Waals surface area contributed by atoms with Gasteiger partial charge in [-0.05, 0) is 57.0 Å². The van der Waals surface area contributed by atoms with Crippen molar-refractivity contribution >= 4 is 37.5 Å². The van der Waals surface area contributed by atoms with Gasteiger partial charge in [0, 0.05) is 55.2 Å². The fourth-order valence-corrected chi connectivity index (χ4v) is 9.02. The molecule has 0 bridgehead atoms. The molecule has 2 saturated heterocycles. The summed E-state index contributed by atoms with van der Waals surface area (Å²) in [5.41, 5.74) is 0.649. The molecule has 198 valence electrons. The minimum Gasteiger partial charge on any atom is -0.469 e. The van der Waals surface area contributed by atoms with Crippen molar-refractivity contribution in [1.82, 2.24) is 0 Å². The fraction of sp³-hybridized carbons (Fsp3) is 0.654. The van der Waals surface area contributed by atoms with Gasteiger partial charge in [-0.25, -0.2) is 0 Å². The van der Waals surface area contributed by atoms with Gasteiger partial charge in [0.1, 0.15) is 0 Å². The van der Waals surface area contributed by atoms with Crippen LogP contribution >= 0.6 is 0 Å². The summed E-state index contributed by atoms with van der Waals surface area (Å²) in [5, 5.41) is 9.74. The van der Waals surface area contributed by atoms with Gasteiger partial charge in [0.05, 0.1) is 18.9 Å². The molecule has 2 fully saturated rings. The smallest absolute Gasteiger partial charge is 0.305 e. The molecule has 2 N–H and O–H groups in total. The first-order valence-electron chi connectivity index (χ1n) is 12.9. The molecule has 3 aliphatic heterocycles. The summed E-state index contributed by atoms with van der Waals surface area (Å²) < 4.78 is 11.4. The number of rotatable bonds is 9. The Morgan fingerprint density at radius 3 is 2.64 bits per heavy atom. The Morgan fingerprint density at radius 2 is 2.03 bits per heavy atom. The quantitative estimate of drug-likeness (QED) is 0.293. The number of esters is 1. The summed E-state index contributed by atoms with van der Waals surface area (Å²) in [5.74, 6) is -0.723. The number of aliphatic hydroxyl groups excluding tert-OH is 1. The molecule has 3 aliphatic rings. The zero-order chi connectivity index (χ0) is 26.3. The molecule has 1 aromatic carbocycles. The number of fused-ring (bicyclic) bond motifs is 2. The second-order valence-electron chi connectivity index (χ2n) is 10.7. The van der Waals surface area contributed by atoms with Gasteiger partial charge >= 0.3 is 5.97 Å². The lowest BCUT2D eigenvalue weighted by Gasteiger charge is -2.32. The normalized spacial score (nSPS) is 27.9. The SMILES string of the molecule is COC(=O)CCCCN1C(=O)[C@@]2(O[C@@H](CCO)[C@H]([Si](C)(C)O)[C@H]2C)c2cc(N3CCCC3=O)ccc21. The van der Waals surface area contributed by atoms with E-state index < -0.39 is 20.0 Å². The first-order valence-corrected chi connectivity index (χ1v) is 15.9. The van der Waals surface area contributed by atoms with Crippen LogP contribution in [0.15, 0.2) is 18.2 Å². The van der Waals surface area contributed by atoms with Gasteiger partial charge < -0.3 is 29.2 Å². The van der Waals surface area contributed by atoms with Gasteiger partial charge in [0.2, 0.25) is 5.91 Å². The lowest BCUT2D eigenvalue weighted by atomic mass is 9.82. The van der Waals surface area contributed by atoms with Crippen LogP contribution in [0.3, 0.4) is 0 Å². The molecule has 4 rings (SSSR count). The molecule has 36 heavy (non-hydrogen) atoms. The number of ether oxygens (including phenoxy) is 2. The van der Waals surface area contributed by atoms with Gasteiger partial charge in [-0.2, -0.15) is 0 Å². The zero-order valence-corrected chi connectivity index (χ0v) is 22.7. The van der Waals surface area contributed by atoms with Crippen molar-refractivity contribution in [2.45, 2.75) is 75.8 Å². The van der Waals surface area contributed by atoms with Crippen LogP contribution in [0.25, 0.3) is 0 Å². The van der Waals surface area contributed by atoms with E-state index in [-0.39, 0.29) is 42.3 Å². The van der Waals surface area contributed by atoms with Crippen LogP contribution in [-0.2, 0) is 29.5 Å². The topological polar surface area (TPSA) is 117 Å². The summed E-state index contributed by atoms with van der Waals surface area (Å²) in [4.78, 5) is 52.9. The molecule has 4 atom stereocenters. The van der Waals surface area contributed by atoms with E-state index in [9.17, 15) is 24.3 Å². The van der Waals surface area contributed by atoms with Gasteiger partial charge in [0.15, 0.2) is 13.9 Å². The third-order valence-corrected chi connectivity index (χ3v) is 10.5. The average molecular weight is 519 g/mol. The van der Waals surface area contributed by atoms with Gasteiger partial charge in [-0.1, -0.05) is 6.92 Å². The number of carbonyl (C=O) groups excluding carboxylic acids is 3. The van der Waals surface area contributed by atoms with E-state index in [0.29, 0.717) is 44.3 Å². The maximum absolute atomic E-state index is 14.2. The molecule has 10 heteroatoms. The predicted molar refractivity (Wildman–Crippen MR) is 137 cm³/mol. The Bertz CT molecular complexity index is 1030. The predicted octanol–water partition coefficient (Wildman–Crippen LogP) is 2.68. The molecule has 0 radical (unpaired) electrons. The summed E-state index contributed by atoms with van der Waals surface area (Å²) in [7, 11) is -1.41. The molecular formula is C26H38N2O7Si. The maximum atomic E-state index is 14.2. The lowest BCUT2D eigenvalue weighted by molar-refractivity contribution is -0.146. The van der Waals surface area contributed by atoms with Gasteiger partial charge in [-0.15, -0.1) is 0 Å². The van der Waals surface area contributed by atoms with Crippen molar-refractivity contribution in [1.29, 1.82) is 0 Å². The fourth-order valence-electron chi connectivity index (χ4n) is 6.41. The molecule has 3 heterocycles. The Kier molecular flexibility index (Phi) is 7.62. The lowest BCUT2D eigenvalue weighted by Crippen LogP contribution is -2.46. The number of aliphatic hydroxyl groups is 1. The Labute approximate surface area is 213 Å². The summed E-state index contributed by atoms with van der Waals surface area (Å²) in [6.07, 6.45) is 2.66. The van der Waals surface area contributed by atoms with E-state index in [0.717, 1.165) is 17.8 Å². The molecule has 0 aliphatic carbocycles. The van der Waals surface area contributed by atoms with Crippen LogP contribution in [-0.4, -0.2) is 68.9 Å². The van der Waals surface area contributed by atoms with Crippen molar-refractivity contribution in [3.8, 4) is 0 Å². The Morgan fingerprint density at radius 1 is 1.28 bits per heavy atom. The minimum atomic E-state index is -2.77. The van der Waals surface area contributed by atoms with E-state index in [1.54, 1.807) is 9.80 Å². The number of hydrogen-bond acceptors (Lipinski definition) is 7. The molecule has 1 spiro atoms. The number of carbonyl (C=O) groups is 3. The monoisotopic (exact) mass is 518 g/mol. The first kappa shape index (κ1) is 26.8. The van der Waals surface area contributed by atoms with Crippen LogP contribution < -0.4 is 9.80 Å². The van der Waals surface area contributed by atoms with E-state index in [4.69, 9.17) is 9.47 Å². The van der Waals surface area contributed by atoms with Crippen molar-refractivity contribution < 1.29 is 33.8 Å². The Hall–Kier alpha value is -2.27. The van der Waals surface area contributed by atoms with Crippen LogP contribution in [0.4, 0.5) is 11.4 Å². The second kappa shape index (κ2) is 10.2. The van der Waals surface area contributed by atoms with Crippen molar-refractivity contribution in [2.24, 2.45) is 5.92 Å². The largest absolute Gasteiger partial charge is 0.469 e.